The molecule has 0 unspecified atom stereocenters. The van der Waals surface area contributed by atoms with E-state index in [1.165, 1.54) is 11.1 Å². The average molecular weight is 314 g/mol. The van der Waals surface area contributed by atoms with Gasteiger partial charge in [0, 0.05) is 12.2 Å². The number of rotatable bonds is 7. The van der Waals surface area contributed by atoms with E-state index in [4.69, 9.17) is 0 Å². The zero-order valence-corrected chi connectivity index (χ0v) is 14.4. The highest BCUT2D eigenvalue weighted by atomic mass is 16.2. The number of likely N-dealkylation sites (N-methyl/N-ethyl adjacent to an activating group) is 1. The van der Waals surface area contributed by atoms with Crippen LogP contribution in [0.5, 0.6) is 0 Å². The van der Waals surface area contributed by atoms with Crippen molar-refractivity contribution in [1.29, 1.82) is 0 Å². The molecule has 0 fully saturated rings. The van der Waals surface area contributed by atoms with Gasteiger partial charge in [-0.2, -0.15) is 5.10 Å². The smallest absolute Gasteiger partial charge is 0.237 e. The summed E-state index contributed by atoms with van der Waals surface area (Å²) in [5.74, 6) is 0.0673. The molecule has 0 radical (unpaired) electrons. The van der Waals surface area contributed by atoms with E-state index in [9.17, 15) is 4.79 Å². The molecular formula is C18H26N4O. The summed E-state index contributed by atoms with van der Waals surface area (Å²) in [6.45, 7) is 4.62. The third kappa shape index (κ3) is 4.66. The van der Waals surface area contributed by atoms with E-state index >= 15 is 0 Å². The van der Waals surface area contributed by atoms with Crippen molar-refractivity contribution in [2.24, 2.45) is 0 Å². The van der Waals surface area contributed by atoms with Crippen molar-refractivity contribution in [2.75, 3.05) is 20.6 Å². The van der Waals surface area contributed by atoms with E-state index in [2.05, 4.69) is 27.6 Å². The highest BCUT2D eigenvalue weighted by molar-refractivity contribution is 5.82. The number of aromatic amines is 1. The zero-order chi connectivity index (χ0) is 16.8. The Balaban J connectivity index is 1.91. The Hall–Kier alpha value is -2.14. The molecule has 0 aliphatic rings. The van der Waals surface area contributed by atoms with Gasteiger partial charge < -0.3 is 5.32 Å². The number of carbonyl (C=O) groups excluding carboxylic acids is 1. The number of amides is 1. The van der Waals surface area contributed by atoms with Crippen LogP contribution in [-0.2, 0) is 17.6 Å². The maximum atomic E-state index is 12.5. The zero-order valence-electron chi connectivity index (χ0n) is 14.4. The van der Waals surface area contributed by atoms with Crippen molar-refractivity contribution in [3.05, 3.63) is 52.8 Å². The van der Waals surface area contributed by atoms with Crippen LogP contribution in [0.3, 0.4) is 0 Å². The summed E-state index contributed by atoms with van der Waals surface area (Å²) < 4.78 is 0. The summed E-state index contributed by atoms with van der Waals surface area (Å²) in [7, 11) is 3.88. The van der Waals surface area contributed by atoms with E-state index in [0.29, 0.717) is 13.0 Å². The van der Waals surface area contributed by atoms with Crippen LogP contribution in [0.1, 0.15) is 22.5 Å². The predicted molar refractivity (Wildman–Crippen MR) is 92.4 cm³/mol. The summed E-state index contributed by atoms with van der Waals surface area (Å²) in [5, 5.41) is 10.2. The lowest BCUT2D eigenvalue weighted by molar-refractivity contribution is -0.125. The molecule has 1 atom stereocenters. The molecule has 1 aromatic heterocycles. The maximum absolute atomic E-state index is 12.5. The van der Waals surface area contributed by atoms with Crippen molar-refractivity contribution >= 4 is 5.91 Å². The molecule has 0 bridgehead atoms. The summed E-state index contributed by atoms with van der Waals surface area (Å²) in [6.07, 6.45) is 1.51. The first-order chi connectivity index (χ1) is 11.0. The van der Waals surface area contributed by atoms with Crippen molar-refractivity contribution in [3.8, 4) is 0 Å². The van der Waals surface area contributed by atoms with E-state index in [1.807, 2.05) is 51.0 Å². The van der Waals surface area contributed by atoms with Gasteiger partial charge in [-0.05, 0) is 51.9 Å². The minimum absolute atomic E-state index is 0.0673. The van der Waals surface area contributed by atoms with Gasteiger partial charge in [0.2, 0.25) is 5.91 Å². The van der Waals surface area contributed by atoms with E-state index in [1.54, 1.807) is 0 Å². The number of aromatic nitrogens is 2. The highest BCUT2D eigenvalue weighted by Crippen LogP contribution is 2.10. The molecule has 2 rings (SSSR count). The van der Waals surface area contributed by atoms with E-state index in [0.717, 1.165) is 17.8 Å². The van der Waals surface area contributed by atoms with Crippen LogP contribution < -0.4 is 5.32 Å². The van der Waals surface area contributed by atoms with Crippen LogP contribution in [0, 0.1) is 13.8 Å². The number of benzene rings is 1. The quantitative estimate of drug-likeness (QED) is 0.820. The van der Waals surface area contributed by atoms with Crippen LogP contribution in [-0.4, -0.2) is 47.7 Å². The molecule has 0 saturated carbocycles. The number of H-pyrrole nitrogens is 1. The Morgan fingerprint density at radius 2 is 1.96 bits per heavy atom. The second kappa shape index (κ2) is 7.92. The number of hydrogen-bond acceptors (Lipinski definition) is 3. The van der Waals surface area contributed by atoms with Crippen molar-refractivity contribution < 1.29 is 4.79 Å². The van der Waals surface area contributed by atoms with Gasteiger partial charge >= 0.3 is 0 Å². The lowest BCUT2D eigenvalue weighted by Crippen LogP contribution is -2.45. The molecule has 0 aliphatic heterocycles. The minimum Gasteiger partial charge on any atom is -0.354 e. The number of carbonyl (C=O) groups is 1. The fraction of sp³-hybridized carbons (Fsp3) is 0.444. The van der Waals surface area contributed by atoms with Crippen LogP contribution >= 0.6 is 0 Å². The number of hydrogen-bond donors (Lipinski definition) is 2. The second-order valence-electron chi connectivity index (χ2n) is 6.12. The molecule has 2 N–H and O–H groups in total. The van der Waals surface area contributed by atoms with Gasteiger partial charge in [-0.25, -0.2) is 0 Å². The molecule has 1 aromatic carbocycles. The topological polar surface area (TPSA) is 61.0 Å². The Bertz CT molecular complexity index is 614. The number of nitrogens with one attached hydrogen (secondary N) is 2. The molecule has 0 spiro atoms. The Morgan fingerprint density at radius 1 is 1.26 bits per heavy atom. The van der Waals surface area contributed by atoms with Crippen LogP contribution in [0.25, 0.3) is 0 Å². The van der Waals surface area contributed by atoms with Crippen molar-refractivity contribution in [1.82, 2.24) is 20.4 Å². The lowest BCUT2D eigenvalue weighted by Gasteiger charge is -2.23. The third-order valence-electron chi connectivity index (χ3n) is 4.15. The summed E-state index contributed by atoms with van der Waals surface area (Å²) >= 11 is 0. The second-order valence-corrected chi connectivity index (χ2v) is 6.12. The van der Waals surface area contributed by atoms with Gasteiger partial charge in [-0.1, -0.05) is 30.3 Å². The predicted octanol–water partition coefficient (Wildman–Crippen LogP) is 1.86. The monoisotopic (exact) mass is 314 g/mol. The molecule has 23 heavy (non-hydrogen) atoms. The Kier molecular flexibility index (Phi) is 5.93. The summed E-state index contributed by atoms with van der Waals surface area (Å²) in [4.78, 5) is 14.5. The standard InChI is InChI=1S/C18H26N4O/c1-13-16(14(2)21-20-13)10-11-19-18(23)17(22(3)4)12-15-8-6-5-7-9-15/h5-9,17H,10-12H2,1-4H3,(H,19,23)(H,20,21)/t17-/m0/s1. The van der Waals surface area contributed by atoms with E-state index < -0.39 is 0 Å². The Labute approximate surface area is 138 Å². The molecule has 0 aliphatic carbocycles. The van der Waals surface area contributed by atoms with Gasteiger partial charge in [0.25, 0.3) is 0 Å². The summed E-state index contributed by atoms with van der Waals surface area (Å²) in [6, 6.07) is 9.95. The SMILES string of the molecule is Cc1n[nH]c(C)c1CCNC(=O)[C@H](Cc1ccccc1)N(C)C. The fourth-order valence-corrected chi connectivity index (χ4v) is 2.72. The number of aryl methyl sites for hydroxylation is 2. The molecule has 0 saturated heterocycles. The molecule has 1 amide bonds. The summed E-state index contributed by atoms with van der Waals surface area (Å²) in [5.41, 5.74) is 4.44. The average Bonchev–Trinajstić information content (AvgIpc) is 2.85. The largest absolute Gasteiger partial charge is 0.354 e. The van der Waals surface area contributed by atoms with E-state index in [-0.39, 0.29) is 11.9 Å². The van der Waals surface area contributed by atoms with Gasteiger partial charge in [0.1, 0.15) is 0 Å². The highest BCUT2D eigenvalue weighted by Gasteiger charge is 2.21. The van der Waals surface area contributed by atoms with Gasteiger partial charge in [-0.15, -0.1) is 0 Å². The number of nitrogens with zero attached hydrogens (tertiary/aromatic N) is 2. The maximum Gasteiger partial charge on any atom is 0.237 e. The lowest BCUT2D eigenvalue weighted by atomic mass is 10.0. The van der Waals surface area contributed by atoms with Gasteiger partial charge in [0.05, 0.1) is 11.7 Å². The van der Waals surface area contributed by atoms with Crippen LogP contribution in [0.2, 0.25) is 0 Å². The first-order valence-corrected chi connectivity index (χ1v) is 7.97. The molecular weight excluding hydrogens is 288 g/mol. The van der Waals surface area contributed by atoms with Crippen molar-refractivity contribution in [3.63, 3.8) is 0 Å². The van der Waals surface area contributed by atoms with Gasteiger partial charge in [-0.3, -0.25) is 14.8 Å². The normalized spacial score (nSPS) is 12.4. The molecule has 2 aromatic rings. The molecule has 5 heteroatoms. The third-order valence-corrected chi connectivity index (χ3v) is 4.15. The fourth-order valence-electron chi connectivity index (χ4n) is 2.72. The first kappa shape index (κ1) is 17.2. The van der Waals surface area contributed by atoms with Crippen molar-refractivity contribution in [2.45, 2.75) is 32.7 Å². The molecule has 1 heterocycles. The minimum atomic E-state index is -0.163. The Morgan fingerprint density at radius 3 is 2.52 bits per heavy atom. The van der Waals surface area contributed by atoms with Crippen LogP contribution in [0.15, 0.2) is 30.3 Å². The first-order valence-electron chi connectivity index (χ1n) is 7.97. The molecule has 5 nitrogen and oxygen atoms in total. The van der Waals surface area contributed by atoms with Crippen LogP contribution in [0.4, 0.5) is 0 Å². The molecule has 124 valence electrons. The van der Waals surface area contributed by atoms with Gasteiger partial charge in [0.15, 0.2) is 0 Å².